The Morgan fingerprint density at radius 1 is 1.10 bits per heavy atom. The number of hydrogen-bond donors (Lipinski definition) is 1. The minimum Gasteiger partial charge on any atom is -0.380 e. The summed E-state index contributed by atoms with van der Waals surface area (Å²) in [5, 5.41) is 3.16. The van der Waals surface area contributed by atoms with E-state index in [0.29, 0.717) is 5.69 Å². The zero-order chi connectivity index (χ0) is 14.7. The van der Waals surface area contributed by atoms with Crippen LogP contribution in [-0.4, -0.2) is 24.1 Å². The summed E-state index contributed by atoms with van der Waals surface area (Å²) in [7, 11) is 0. The van der Waals surface area contributed by atoms with Crippen molar-refractivity contribution in [1.29, 1.82) is 0 Å². The van der Waals surface area contributed by atoms with Gasteiger partial charge in [-0.3, -0.25) is 0 Å². The van der Waals surface area contributed by atoms with Gasteiger partial charge in [0.2, 0.25) is 0 Å². The smallest absolute Gasteiger partial charge is 0.149 e. The van der Waals surface area contributed by atoms with Gasteiger partial charge in [-0.05, 0) is 37.1 Å². The molecule has 0 unspecified atom stereocenters. The summed E-state index contributed by atoms with van der Waals surface area (Å²) in [5.41, 5.74) is 0.368. The molecule has 0 aliphatic carbocycles. The number of anilines is 2. The molecule has 2 aromatic rings. The van der Waals surface area contributed by atoms with Crippen molar-refractivity contribution in [2.45, 2.75) is 18.9 Å². The summed E-state index contributed by atoms with van der Waals surface area (Å²) in [4.78, 5) is 6.56. The number of hydrogen-bond acceptors (Lipinski definition) is 3. The Labute approximate surface area is 122 Å². The highest BCUT2D eigenvalue weighted by Gasteiger charge is 2.20. The van der Waals surface area contributed by atoms with Crippen LogP contribution in [0.3, 0.4) is 0 Å². The highest BCUT2D eigenvalue weighted by atomic mass is 19.1. The molecule has 21 heavy (non-hydrogen) atoms. The van der Waals surface area contributed by atoms with Gasteiger partial charge in [-0.1, -0.05) is 6.07 Å². The van der Waals surface area contributed by atoms with Crippen LogP contribution in [0, 0.1) is 11.6 Å². The highest BCUT2D eigenvalue weighted by molar-refractivity contribution is 5.46. The van der Waals surface area contributed by atoms with Crippen LogP contribution in [0.5, 0.6) is 0 Å². The zero-order valence-electron chi connectivity index (χ0n) is 11.6. The molecule has 1 aliphatic rings. The molecule has 0 bridgehead atoms. The van der Waals surface area contributed by atoms with E-state index >= 15 is 0 Å². The molecule has 1 saturated heterocycles. The van der Waals surface area contributed by atoms with Crippen LogP contribution < -0.4 is 10.2 Å². The molecule has 1 N–H and O–H groups in total. The molecule has 2 heterocycles. The first kappa shape index (κ1) is 13.8. The van der Waals surface area contributed by atoms with Gasteiger partial charge < -0.3 is 10.2 Å². The third-order valence-corrected chi connectivity index (χ3v) is 3.76. The SMILES string of the molecule is Fc1ccc(NC2CCN(c3ccccn3)CC2)c(F)c1. The standard InChI is InChI=1S/C16H17F2N3/c17-12-4-5-15(14(18)11-12)20-13-6-9-21(10-7-13)16-3-1-2-8-19-16/h1-5,8,11,13,20H,6-7,9-10H2. The van der Waals surface area contributed by atoms with Gasteiger partial charge in [-0.2, -0.15) is 0 Å². The lowest BCUT2D eigenvalue weighted by Gasteiger charge is -2.33. The highest BCUT2D eigenvalue weighted by Crippen LogP contribution is 2.22. The summed E-state index contributed by atoms with van der Waals surface area (Å²) < 4.78 is 26.5. The van der Waals surface area contributed by atoms with Gasteiger partial charge in [0.05, 0.1) is 5.69 Å². The van der Waals surface area contributed by atoms with E-state index in [2.05, 4.69) is 15.2 Å². The number of nitrogens with one attached hydrogen (secondary N) is 1. The van der Waals surface area contributed by atoms with Crippen molar-refractivity contribution < 1.29 is 8.78 Å². The largest absolute Gasteiger partial charge is 0.380 e. The average Bonchev–Trinajstić information content (AvgIpc) is 2.52. The summed E-state index contributed by atoms with van der Waals surface area (Å²) in [6.45, 7) is 1.75. The van der Waals surface area contributed by atoms with Gasteiger partial charge in [0.25, 0.3) is 0 Å². The topological polar surface area (TPSA) is 28.2 Å². The molecule has 5 heteroatoms. The maximum absolute atomic E-state index is 13.6. The lowest BCUT2D eigenvalue weighted by molar-refractivity contribution is 0.518. The van der Waals surface area contributed by atoms with Crippen molar-refractivity contribution in [3.8, 4) is 0 Å². The van der Waals surface area contributed by atoms with Crippen LogP contribution in [0.2, 0.25) is 0 Å². The molecular weight excluding hydrogens is 272 g/mol. The van der Waals surface area contributed by atoms with Crippen LogP contribution in [0.4, 0.5) is 20.3 Å². The van der Waals surface area contributed by atoms with E-state index in [-0.39, 0.29) is 6.04 Å². The lowest BCUT2D eigenvalue weighted by atomic mass is 10.0. The Balaban J connectivity index is 1.59. The van der Waals surface area contributed by atoms with Crippen molar-refractivity contribution in [2.24, 2.45) is 0 Å². The Bertz CT molecular complexity index is 596. The van der Waals surface area contributed by atoms with Gasteiger partial charge >= 0.3 is 0 Å². The monoisotopic (exact) mass is 289 g/mol. The quantitative estimate of drug-likeness (QED) is 0.938. The van der Waals surface area contributed by atoms with Crippen LogP contribution in [0.1, 0.15) is 12.8 Å². The number of benzene rings is 1. The zero-order valence-corrected chi connectivity index (χ0v) is 11.6. The fraction of sp³-hybridized carbons (Fsp3) is 0.312. The third kappa shape index (κ3) is 3.29. The van der Waals surface area contributed by atoms with E-state index in [1.807, 2.05) is 18.2 Å². The fourth-order valence-corrected chi connectivity index (χ4v) is 2.62. The first-order chi connectivity index (χ1) is 10.2. The molecule has 0 saturated carbocycles. The van der Waals surface area contributed by atoms with Crippen LogP contribution in [0.15, 0.2) is 42.6 Å². The second kappa shape index (κ2) is 6.08. The van der Waals surface area contributed by atoms with E-state index in [1.165, 1.54) is 12.1 Å². The molecule has 0 amide bonds. The van der Waals surface area contributed by atoms with Crippen molar-refractivity contribution in [3.05, 3.63) is 54.2 Å². The maximum Gasteiger partial charge on any atom is 0.149 e. The Kier molecular flexibility index (Phi) is 3.99. The second-order valence-corrected chi connectivity index (χ2v) is 5.22. The first-order valence-electron chi connectivity index (χ1n) is 7.10. The van der Waals surface area contributed by atoms with Crippen molar-refractivity contribution in [3.63, 3.8) is 0 Å². The molecule has 0 atom stereocenters. The van der Waals surface area contributed by atoms with Gasteiger partial charge in [0.1, 0.15) is 17.5 Å². The van der Waals surface area contributed by atoms with Crippen molar-refractivity contribution in [1.82, 2.24) is 4.98 Å². The molecule has 1 aromatic heterocycles. The average molecular weight is 289 g/mol. The molecular formula is C16H17F2N3. The van der Waals surface area contributed by atoms with E-state index < -0.39 is 11.6 Å². The Morgan fingerprint density at radius 2 is 1.90 bits per heavy atom. The number of aromatic nitrogens is 1. The van der Waals surface area contributed by atoms with E-state index in [1.54, 1.807) is 6.20 Å². The summed E-state index contributed by atoms with van der Waals surface area (Å²) in [6, 6.07) is 9.70. The van der Waals surface area contributed by atoms with Gasteiger partial charge in [-0.25, -0.2) is 13.8 Å². The molecule has 1 aliphatic heterocycles. The minimum atomic E-state index is -0.553. The van der Waals surface area contributed by atoms with Gasteiger partial charge in [-0.15, -0.1) is 0 Å². The number of pyridine rings is 1. The van der Waals surface area contributed by atoms with Gasteiger partial charge in [0, 0.05) is 31.4 Å². The Hall–Kier alpha value is -2.17. The van der Waals surface area contributed by atoms with Crippen LogP contribution >= 0.6 is 0 Å². The molecule has 0 radical (unpaired) electrons. The molecule has 3 nitrogen and oxygen atoms in total. The van der Waals surface area contributed by atoms with Crippen molar-refractivity contribution in [2.75, 3.05) is 23.3 Å². The Morgan fingerprint density at radius 3 is 2.57 bits per heavy atom. The summed E-state index contributed by atoms with van der Waals surface area (Å²) in [6.07, 6.45) is 3.58. The first-order valence-corrected chi connectivity index (χ1v) is 7.10. The lowest BCUT2D eigenvalue weighted by Crippen LogP contribution is -2.39. The fourth-order valence-electron chi connectivity index (χ4n) is 2.62. The van der Waals surface area contributed by atoms with Crippen molar-refractivity contribution >= 4 is 11.5 Å². The second-order valence-electron chi connectivity index (χ2n) is 5.22. The number of rotatable bonds is 3. The van der Waals surface area contributed by atoms with Gasteiger partial charge in [0.15, 0.2) is 0 Å². The summed E-state index contributed by atoms with van der Waals surface area (Å²) in [5.74, 6) is -0.117. The molecule has 110 valence electrons. The molecule has 1 fully saturated rings. The predicted molar refractivity (Wildman–Crippen MR) is 79.5 cm³/mol. The third-order valence-electron chi connectivity index (χ3n) is 3.76. The van der Waals surface area contributed by atoms with Crippen LogP contribution in [0.25, 0.3) is 0 Å². The number of halogens is 2. The number of nitrogens with zero attached hydrogens (tertiary/aromatic N) is 2. The molecule has 0 spiro atoms. The molecule has 1 aromatic carbocycles. The predicted octanol–water partition coefficient (Wildman–Crippen LogP) is 3.44. The molecule has 3 rings (SSSR count). The normalized spacial score (nSPS) is 16.0. The minimum absolute atomic E-state index is 0.199. The van der Waals surface area contributed by atoms with E-state index in [4.69, 9.17) is 0 Å². The van der Waals surface area contributed by atoms with E-state index in [9.17, 15) is 8.78 Å². The van der Waals surface area contributed by atoms with E-state index in [0.717, 1.165) is 37.8 Å². The maximum atomic E-state index is 13.6. The van der Waals surface area contributed by atoms with Crippen LogP contribution in [-0.2, 0) is 0 Å². The number of piperidine rings is 1. The summed E-state index contributed by atoms with van der Waals surface area (Å²) >= 11 is 0.